The second-order valence-electron chi connectivity index (χ2n) is 6.02. The fourth-order valence-electron chi connectivity index (χ4n) is 2.57. The molecule has 3 rings (SSSR count). The van der Waals surface area contributed by atoms with Crippen molar-refractivity contribution < 1.29 is 22.5 Å². The maximum absolute atomic E-state index is 12.8. The first-order chi connectivity index (χ1) is 13.3. The molecule has 2 heterocycles. The normalized spacial score (nSPS) is 11.6. The molecule has 2 aromatic heterocycles. The van der Waals surface area contributed by atoms with Crippen LogP contribution in [-0.2, 0) is 12.7 Å². The molecule has 0 saturated heterocycles. The summed E-state index contributed by atoms with van der Waals surface area (Å²) in [6.45, 7) is 1.87. The second kappa shape index (κ2) is 8.05. The zero-order valence-corrected chi connectivity index (χ0v) is 15.5. The van der Waals surface area contributed by atoms with Gasteiger partial charge in [0.15, 0.2) is 17.1 Å². The number of halogens is 4. The van der Waals surface area contributed by atoms with Crippen LogP contribution < -0.4 is 5.32 Å². The molecule has 3 aromatic rings. The Bertz CT molecular complexity index is 967. The molecular weight excluding hydrogens is 397 g/mol. The Morgan fingerprint density at radius 1 is 1.29 bits per heavy atom. The molecule has 0 aliphatic carbocycles. The van der Waals surface area contributed by atoms with Gasteiger partial charge in [-0.25, -0.2) is 0 Å². The summed E-state index contributed by atoms with van der Waals surface area (Å²) in [4.78, 5) is 12.1. The minimum absolute atomic E-state index is 0.122. The first-order valence-electron chi connectivity index (χ1n) is 8.38. The van der Waals surface area contributed by atoms with E-state index in [1.54, 1.807) is 0 Å². The number of benzene rings is 1. The predicted octanol–water partition coefficient (Wildman–Crippen LogP) is 4.34. The highest BCUT2D eigenvalue weighted by atomic mass is 35.5. The van der Waals surface area contributed by atoms with Gasteiger partial charge in [-0.3, -0.25) is 9.48 Å². The van der Waals surface area contributed by atoms with Crippen molar-refractivity contribution in [3.8, 4) is 11.3 Å². The third-order valence-electron chi connectivity index (χ3n) is 4.04. The number of amides is 1. The van der Waals surface area contributed by atoms with Crippen molar-refractivity contribution >= 4 is 17.5 Å². The molecule has 0 saturated carbocycles. The smallest absolute Gasteiger partial charge is 0.355 e. The van der Waals surface area contributed by atoms with Crippen molar-refractivity contribution in [1.82, 2.24) is 20.3 Å². The van der Waals surface area contributed by atoms with Crippen LogP contribution in [0.4, 0.5) is 13.2 Å². The molecule has 28 heavy (non-hydrogen) atoms. The molecule has 0 aliphatic heterocycles. The van der Waals surface area contributed by atoms with Crippen LogP contribution >= 0.6 is 11.6 Å². The van der Waals surface area contributed by atoms with Crippen LogP contribution in [0.15, 0.2) is 40.9 Å². The number of rotatable bonds is 6. The molecule has 0 radical (unpaired) electrons. The molecule has 6 nitrogen and oxygen atoms in total. The highest BCUT2D eigenvalue weighted by Crippen LogP contribution is 2.35. The van der Waals surface area contributed by atoms with E-state index in [9.17, 15) is 18.0 Å². The molecule has 0 fully saturated rings. The minimum atomic E-state index is -4.61. The molecule has 10 heteroatoms. The third kappa shape index (κ3) is 4.36. The summed E-state index contributed by atoms with van der Waals surface area (Å²) in [6.07, 6.45) is -4.24. The maximum Gasteiger partial charge on any atom is 0.436 e. The lowest BCUT2D eigenvalue weighted by molar-refractivity contribution is -0.141. The molecule has 0 atom stereocenters. The zero-order valence-electron chi connectivity index (χ0n) is 14.8. The molecule has 0 aliphatic rings. The lowest BCUT2D eigenvalue weighted by Crippen LogP contribution is -2.25. The Balaban J connectivity index is 1.54. The van der Waals surface area contributed by atoms with Crippen LogP contribution in [-0.4, -0.2) is 27.4 Å². The maximum atomic E-state index is 12.8. The molecule has 0 spiro atoms. The van der Waals surface area contributed by atoms with E-state index in [1.807, 2.05) is 30.3 Å². The van der Waals surface area contributed by atoms with Crippen LogP contribution in [0.2, 0.25) is 5.02 Å². The SMILES string of the molecule is Cc1c(Cl)c(C(F)(F)F)nn1CCCNC(=O)c1cc(-c2ccccc2)on1. The minimum Gasteiger partial charge on any atom is -0.355 e. The van der Waals surface area contributed by atoms with Gasteiger partial charge in [0.25, 0.3) is 5.91 Å². The lowest BCUT2D eigenvalue weighted by Gasteiger charge is -2.05. The summed E-state index contributed by atoms with van der Waals surface area (Å²) in [6, 6.07) is 10.7. The Labute approximate surface area is 163 Å². The number of alkyl halides is 3. The third-order valence-corrected chi connectivity index (χ3v) is 4.49. The molecular formula is C18H16ClF3N4O2. The number of carbonyl (C=O) groups is 1. The van der Waals surface area contributed by atoms with E-state index in [2.05, 4.69) is 15.6 Å². The van der Waals surface area contributed by atoms with Gasteiger partial charge in [-0.05, 0) is 13.3 Å². The molecule has 1 amide bonds. The predicted molar refractivity (Wildman–Crippen MR) is 95.9 cm³/mol. The molecule has 0 unspecified atom stereocenters. The van der Waals surface area contributed by atoms with Crippen molar-refractivity contribution in [1.29, 1.82) is 0 Å². The number of aryl methyl sites for hydroxylation is 1. The van der Waals surface area contributed by atoms with Crippen molar-refractivity contribution in [2.24, 2.45) is 0 Å². The molecule has 1 aromatic carbocycles. The molecule has 1 N–H and O–H groups in total. The van der Waals surface area contributed by atoms with Crippen LogP contribution in [0, 0.1) is 6.92 Å². The van der Waals surface area contributed by atoms with Gasteiger partial charge in [-0.2, -0.15) is 18.3 Å². The monoisotopic (exact) mass is 412 g/mol. The van der Waals surface area contributed by atoms with E-state index in [-0.39, 0.29) is 24.5 Å². The second-order valence-corrected chi connectivity index (χ2v) is 6.40. The van der Waals surface area contributed by atoms with Gasteiger partial charge in [-0.1, -0.05) is 47.1 Å². The standard InChI is InChI=1S/C18H16ClF3N4O2/c1-11-15(19)16(18(20,21)22)24-26(11)9-5-8-23-17(27)13-10-14(28-25-13)12-6-3-2-4-7-12/h2-4,6-7,10H,5,8-9H2,1H3,(H,23,27). The van der Waals surface area contributed by atoms with Crippen LogP contribution in [0.5, 0.6) is 0 Å². The van der Waals surface area contributed by atoms with Crippen molar-refractivity contribution in [3.05, 3.63) is 58.5 Å². The summed E-state index contributed by atoms with van der Waals surface area (Å²) in [5, 5.41) is 9.49. The zero-order chi connectivity index (χ0) is 20.3. The largest absolute Gasteiger partial charge is 0.436 e. The number of hydrogen-bond acceptors (Lipinski definition) is 4. The first kappa shape index (κ1) is 19.9. The van der Waals surface area contributed by atoms with E-state index < -0.39 is 22.8 Å². The Kier molecular flexibility index (Phi) is 5.73. The van der Waals surface area contributed by atoms with Crippen molar-refractivity contribution in [2.75, 3.05) is 6.54 Å². The Hall–Kier alpha value is -2.81. The number of nitrogens with one attached hydrogen (secondary N) is 1. The van der Waals surface area contributed by atoms with E-state index >= 15 is 0 Å². The quantitative estimate of drug-likeness (QED) is 0.611. The highest BCUT2D eigenvalue weighted by Gasteiger charge is 2.38. The average molecular weight is 413 g/mol. The van der Waals surface area contributed by atoms with Gasteiger partial charge in [0, 0.05) is 24.7 Å². The summed E-state index contributed by atoms with van der Waals surface area (Å²) in [7, 11) is 0. The number of carbonyl (C=O) groups excluding carboxylic acids is 1. The van der Waals surface area contributed by atoms with E-state index in [0.29, 0.717) is 12.2 Å². The number of hydrogen-bond donors (Lipinski definition) is 1. The van der Waals surface area contributed by atoms with Gasteiger partial charge in [0.05, 0.1) is 10.7 Å². The first-order valence-corrected chi connectivity index (χ1v) is 8.75. The highest BCUT2D eigenvalue weighted by molar-refractivity contribution is 6.31. The van der Waals surface area contributed by atoms with Gasteiger partial charge in [0.1, 0.15) is 0 Å². The van der Waals surface area contributed by atoms with Crippen molar-refractivity contribution in [3.63, 3.8) is 0 Å². The fourth-order valence-corrected chi connectivity index (χ4v) is 2.81. The van der Waals surface area contributed by atoms with E-state index in [0.717, 1.165) is 5.56 Å². The van der Waals surface area contributed by atoms with Gasteiger partial charge in [-0.15, -0.1) is 0 Å². The number of nitrogens with zero attached hydrogens (tertiary/aromatic N) is 3. The fraction of sp³-hybridized carbons (Fsp3) is 0.278. The number of aromatic nitrogens is 3. The van der Waals surface area contributed by atoms with Crippen molar-refractivity contribution in [2.45, 2.75) is 26.1 Å². The Morgan fingerprint density at radius 2 is 2.00 bits per heavy atom. The Morgan fingerprint density at radius 3 is 2.64 bits per heavy atom. The van der Waals surface area contributed by atoms with Crippen LogP contribution in [0.25, 0.3) is 11.3 Å². The summed E-state index contributed by atoms with van der Waals surface area (Å²) in [5.41, 5.74) is 0.0353. The summed E-state index contributed by atoms with van der Waals surface area (Å²) >= 11 is 5.70. The van der Waals surface area contributed by atoms with Gasteiger partial charge in [0.2, 0.25) is 0 Å². The summed E-state index contributed by atoms with van der Waals surface area (Å²) < 4.78 is 44.8. The average Bonchev–Trinajstić information content (AvgIpc) is 3.26. The van der Waals surface area contributed by atoms with E-state index in [4.69, 9.17) is 16.1 Å². The summed E-state index contributed by atoms with van der Waals surface area (Å²) in [5.74, 6) is 0.0318. The lowest BCUT2D eigenvalue weighted by atomic mass is 10.1. The van der Waals surface area contributed by atoms with Gasteiger partial charge >= 0.3 is 6.18 Å². The van der Waals surface area contributed by atoms with Gasteiger partial charge < -0.3 is 9.84 Å². The molecule has 148 valence electrons. The van der Waals surface area contributed by atoms with Crippen LogP contribution in [0.1, 0.15) is 28.3 Å². The molecule has 0 bridgehead atoms. The van der Waals surface area contributed by atoms with Crippen LogP contribution in [0.3, 0.4) is 0 Å². The topological polar surface area (TPSA) is 73.0 Å². The van der Waals surface area contributed by atoms with E-state index in [1.165, 1.54) is 17.7 Å².